The molecule has 1 aromatic heterocycles. The minimum absolute atomic E-state index is 0.0200. The summed E-state index contributed by atoms with van der Waals surface area (Å²) in [6.07, 6.45) is 5.74. The molecule has 0 bridgehead atoms. The zero-order valence-electron chi connectivity index (χ0n) is 13.5. The largest absolute Gasteiger partial charge is 0.335 e. The molecule has 6 nitrogen and oxygen atoms in total. The molecule has 3 rings (SSSR count). The first-order valence-corrected chi connectivity index (χ1v) is 8.12. The number of likely N-dealkylation sites (N-methyl/N-ethyl adjacent to an activating group) is 2. The quantitative estimate of drug-likeness (QED) is 0.804. The fourth-order valence-electron chi connectivity index (χ4n) is 3.26. The van der Waals surface area contributed by atoms with Crippen LogP contribution in [0.5, 0.6) is 0 Å². The average molecular weight is 303 g/mol. The molecule has 0 aromatic carbocycles. The van der Waals surface area contributed by atoms with Gasteiger partial charge in [-0.3, -0.25) is 9.78 Å². The summed E-state index contributed by atoms with van der Waals surface area (Å²) < 4.78 is 0. The summed E-state index contributed by atoms with van der Waals surface area (Å²) in [5.74, 6) is 0.415. The molecule has 0 spiro atoms. The molecule has 2 aliphatic rings. The van der Waals surface area contributed by atoms with Gasteiger partial charge in [-0.1, -0.05) is 0 Å². The van der Waals surface area contributed by atoms with Crippen LogP contribution in [-0.2, 0) is 0 Å². The molecule has 1 amide bonds. The predicted octanol–water partition coefficient (Wildman–Crippen LogP) is 0.673. The summed E-state index contributed by atoms with van der Waals surface area (Å²) in [6.45, 7) is 5.53. The van der Waals surface area contributed by atoms with Crippen molar-refractivity contribution in [3.63, 3.8) is 0 Å². The van der Waals surface area contributed by atoms with Crippen LogP contribution < -0.4 is 0 Å². The van der Waals surface area contributed by atoms with Gasteiger partial charge in [0.05, 0.1) is 11.9 Å². The third kappa shape index (κ3) is 3.44. The van der Waals surface area contributed by atoms with Crippen LogP contribution in [0.4, 0.5) is 0 Å². The molecule has 120 valence electrons. The molecule has 6 heteroatoms. The first-order chi connectivity index (χ1) is 10.6. The fraction of sp³-hybridized carbons (Fsp3) is 0.688. The van der Waals surface area contributed by atoms with Crippen molar-refractivity contribution in [1.82, 2.24) is 24.7 Å². The highest BCUT2D eigenvalue weighted by molar-refractivity contribution is 5.92. The van der Waals surface area contributed by atoms with Gasteiger partial charge in [-0.15, -0.1) is 0 Å². The average Bonchev–Trinajstić information content (AvgIpc) is 2.55. The van der Waals surface area contributed by atoms with E-state index in [-0.39, 0.29) is 5.91 Å². The van der Waals surface area contributed by atoms with Gasteiger partial charge in [0.2, 0.25) is 0 Å². The molecule has 1 aromatic rings. The van der Waals surface area contributed by atoms with Gasteiger partial charge in [-0.25, -0.2) is 4.98 Å². The SMILES string of the molecule is CN1CCN(C(=O)c2cncc([C@H]3CCCN(C)C3)n2)CC1. The Kier molecular flexibility index (Phi) is 4.69. The number of hydrogen-bond acceptors (Lipinski definition) is 5. The maximum absolute atomic E-state index is 12.6. The molecule has 0 N–H and O–H groups in total. The molecule has 2 saturated heterocycles. The van der Waals surface area contributed by atoms with Gasteiger partial charge < -0.3 is 14.7 Å². The van der Waals surface area contributed by atoms with E-state index in [2.05, 4.69) is 33.9 Å². The zero-order valence-corrected chi connectivity index (χ0v) is 13.5. The number of piperazine rings is 1. The molecule has 0 unspecified atom stereocenters. The molecule has 2 fully saturated rings. The Morgan fingerprint density at radius 3 is 2.59 bits per heavy atom. The van der Waals surface area contributed by atoms with Crippen molar-refractivity contribution in [3.8, 4) is 0 Å². The monoisotopic (exact) mass is 303 g/mol. The summed E-state index contributed by atoms with van der Waals surface area (Å²) in [5, 5.41) is 0. The smallest absolute Gasteiger partial charge is 0.274 e. The van der Waals surface area contributed by atoms with E-state index in [0.717, 1.165) is 51.4 Å². The van der Waals surface area contributed by atoms with Gasteiger partial charge in [-0.05, 0) is 33.5 Å². The number of hydrogen-bond donors (Lipinski definition) is 0. The van der Waals surface area contributed by atoms with Crippen molar-refractivity contribution >= 4 is 5.91 Å². The van der Waals surface area contributed by atoms with Crippen molar-refractivity contribution in [2.24, 2.45) is 0 Å². The Morgan fingerprint density at radius 1 is 1.09 bits per heavy atom. The van der Waals surface area contributed by atoms with Crippen molar-refractivity contribution in [1.29, 1.82) is 0 Å². The van der Waals surface area contributed by atoms with Gasteiger partial charge in [-0.2, -0.15) is 0 Å². The van der Waals surface area contributed by atoms with Gasteiger partial charge >= 0.3 is 0 Å². The summed E-state index contributed by atoms with van der Waals surface area (Å²) in [5.41, 5.74) is 1.46. The van der Waals surface area contributed by atoms with E-state index in [0.29, 0.717) is 11.6 Å². The van der Waals surface area contributed by atoms with Crippen molar-refractivity contribution < 1.29 is 4.79 Å². The Balaban J connectivity index is 1.71. The van der Waals surface area contributed by atoms with Gasteiger partial charge in [0, 0.05) is 44.8 Å². The van der Waals surface area contributed by atoms with E-state index < -0.39 is 0 Å². The van der Waals surface area contributed by atoms with Crippen molar-refractivity contribution in [2.75, 3.05) is 53.4 Å². The molecule has 2 aliphatic heterocycles. The number of carbonyl (C=O) groups is 1. The molecular formula is C16H25N5O. The number of amides is 1. The second-order valence-corrected chi connectivity index (χ2v) is 6.53. The second kappa shape index (κ2) is 6.71. The van der Waals surface area contributed by atoms with Crippen molar-refractivity contribution in [2.45, 2.75) is 18.8 Å². The summed E-state index contributed by atoms with van der Waals surface area (Å²) >= 11 is 0. The van der Waals surface area contributed by atoms with E-state index in [1.807, 2.05) is 11.1 Å². The topological polar surface area (TPSA) is 52.6 Å². The standard InChI is InChI=1S/C16H25N5O/c1-19-6-8-21(9-7-19)16(22)15-11-17-10-14(18-15)13-4-3-5-20(2)12-13/h10-11,13H,3-9,12H2,1-2H3/t13-/m0/s1. The summed E-state index contributed by atoms with van der Waals surface area (Å²) in [7, 11) is 4.22. The van der Waals surface area contributed by atoms with Crippen LogP contribution in [0.2, 0.25) is 0 Å². The van der Waals surface area contributed by atoms with Crippen LogP contribution >= 0.6 is 0 Å². The minimum atomic E-state index is 0.0200. The molecule has 0 aliphatic carbocycles. The molecule has 0 radical (unpaired) electrons. The fourth-order valence-corrected chi connectivity index (χ4v) is 3.26. The van der Waals surface area contributed by atoms with E-state index in [4.69, 9.17) is 0 Å². The van der Waals surface area contributed by atoms with Crippen LogP contribution in [0, 0.1) is 0 Å². The third-order valence-corrected chi connectivity index (χ3v) is 4.71. The first-order valence-electron chi connectivity index (χ1n) is 8.12. The van der Waals surface area contributed by atoms with Crippen LogP contribution in [0.15, 0.2) is 12.4 Å². The lowest BCUT2D eigenvalue weighted by atomic mass is 9.95. The van der Waals surface area contributed by atoms with E-state index in [1.165, 1.54) is 6.42 Å². The van der Waals surface area contributed by atoms with E-state index >= 15 is 0 Å². The highest BCUT2D eigenvalue weighted by Crippen LogP contribution is 2.24. The molecule has 0 saturated carbocycles. The number of piperidine rings is 1. The second-order valence-electron chi connectivity index (χ2n) is 6.53. The lowest BCUT2D eigenvalue weighted by Gasteiger charge is -2.32. The Morgan fingerprint density at radius 2 is 1.86 bits per heavy atom. The summed E-state index contributed by atoms with van der Waals surface area (Å²) in [6, 6.07) is 0. The predicted molar refractivity (Wildman–Crippen MR) is 84.9 cm³/mol. The van der Waals surface area contributed by atoms with Gasteiger partial charge in [0.15, 0.2) is 0 Å². The molecule has 1 atom stereocenters. The highest BCUT2D eigenvalue weighted by Gasteiger charge is 2.24. The number of carbonyl (C=O) groups excluding carboxylic acids is 1. The maximum Gasteiger partial charge on any atom is 0.274 e. The highest BCUT2D eigenvalue weighted by atomic mass is 16.2. The van der Waals surface area contributed by atoms with Crippen molar-refractivity contribution in [3.05, 3.63) is 23.8 Å². The normalized spacial score (nSPS) is 24.5. The maximum atomic E-state index is 12.6. The zero-order chi connectivity index (χ0) is 15.5. The van der Waals surface area contributed by atoms with Crippen LogP contribution in [0.3, 0.4) is 0 Å². The first kappa shape index (κ1) is 15.4. The lowest BCUT2D eigenvalue weighted by molar-refractivity contribution is 0.0657. The van der Waals surface area contributed by atoms with Crippen LogP contribution in [0.25, 0.3) is 0 Å². The molecular weight excluding hydrogens is 278 g/mol. The third-order valence-electron chi connectivity index (χ3n) is 4.71. The lowest BCUT2D eigenvalue weighted by Crippen LogP contribution is -2.47. The Labute approximate surface area is 132 Å². The number of aromatic nitrogens is 2. The Bertz CT molecular complexity index is 527. The summed E-state index contributed by atoms with van der Waals surface area (Å²) in [4.78, 5) is 28.0. The Hall–Kier alpha value is -1.53. The molecule has 22 heavy (non-hydrogen) atoms. The number of rotatable bonds is 2. The number of likely N-dealkylation sites (tertiary alicyclic amines) is 1. The van der Waals surface area contributed by atoms with E-state index in [1.54, 1.807) is 6.20 Å². The van der Waals surface area contributed by atoms with Crippen LogP contribution in [-0.4, -0.2) is 83.9 Å². The number of nitrogens with zero attached hydrogens (tertiary/aromatic N) is 5. The van der Waals surface area contributed by atoms with Crippen LogP contribution in [0.1, 0.15) is 34.9 Å². The van der Waals surface area contributed by atoms with E-state index in [9.17, 15) is 4.79 Å². The van der Waals surface area contributed by atoms with Gasteiger partial charge in [0.1, 0.15) is 5.69 Å². The molecule has 3 heterocycles. The minimum Gasteiger partial charge on any atom is -0.335 e. The van der Waals surface area contributed by atoms with Gasteiger partial charge in [0.25, 0.3) is 5.91 Å².